The van der Waals surface area contributed by atoms with Crippen LogP contribution in [0.2, 0.25) is 5.02 Å². The van der Waals surface area contributed by atoms with E-state index in [2.05, 4.69) is 10.6 Å². The molecule has 132 valence electrons. The van der Waals surface area contributed by atoms with Crippen LogP contribution in [0.3, 0.4) is 0 Å². The standard InChI is InChI=1S/C21H19ClN2O2/c1-26-18-12-6-15(7-13-18)14-21(25)24-17-10-8-16(9-11-17)23-20-5-3-2-4-19(20)22/h2-13,23H,14H2,1H3,(H,24,25). The third-order valence-electron chi connectivity index (χ3n) is 3.85. The number of para-hydroxylation sites is 1. The van der Waals surface area contributed by atoms with Crippen molar-refractivity contribution in [3.05, 3.63) is 83.4 Å². The Morgan fingerprint density at radius 1 is 0.923 bits per heavy atom. The zero-order chi connectivity index (χ0) is 18.4. The fourth-order valence-corrected chi connectivity index (χ4v) is 2.67. The molecule has 0 saturated carbocycles. The first kappa shape index (κ1) is 17.8. The van der Waals surface area contributed by atoms with Gasteiger partial charge in [0.05, 0.1) is 24.2 Å². The maximum absolute atomic E-state index is 12.2. The van der Waals surface area contributed by atoms with E-state index in [-0.39, 0.29) is 5.91 Å². The summed E-state index contributed by atoms with van der Waals surface area (Å²) in [6, 6.07) is 22.5. The van der Waals surface area contributed by atoms with Crippen molar-refractivity contribution in [2.45, 2.75) is 6.42 Å². The van der Waals surface area contributed by atoms with Gasteiger partial charge in [-0.3, -0.25) is 4.79 Å². The fourth-order valence-electron chi connectivity index (χ4n) is 2.49. The second kappa shape index (κ2) is 8.41. The summed E-state index contributed by atoms with van der Waals surface area (Å²) in [6.07, 6.45) is 0.309. The number of halogens is 1. The summed E-state index contributed by atoms with van der Waals surface area (Å²) >= 11 is 6.14. The predicted octanol–water partition coefficient (Wildman–Crippen LogP) is 5.27. The molecule has 3 rings (SSSR count). The maximum Gasteiger partial charge on any atom is 0.228 e. The molecule has 26 heavy (non-hydrogen) atoms. The first-order chi connectivity index (χ1) is 12.6. The van der Waals surface area contributed by atoms with Crippen LogP contribution in [-0.2, 0) is 11.2 Å². The van der Waals surface area contributed by atoms with E-state index in [9.17, 15) is 4.79 Å². The number of anilines is 3. The Morgan fingerprint density at radius 2 is 1.58 bits per heavy atom. The SMILES string of the molecule is COc1ccc(CC(=O)Nc2ccc(Nc3ccccc3Cl)cc2)cc1. The zero-order valence-corrected chi connectivity index (χ0v) is 15.1. The molecule has 1 amide bonds. The molecular formula is C21H19ClN2O2. The molecule has 0 aromatic heterocycles. The average molecular weight is 367 g/mol. The Kier molecular flexibility index (Phi) is 5.77. The van der Waals surface area contributed by atoms with E-state index in [0.29, 0.717) is 11.4 Å². The van der Waals surface area contributed by atoms with Crippen molar-refractivity contribution >= 4 is 34.6 Å². The van der Waals surface area contributed by atoms with Crippen LogP contribution < -0.4 is 15.4 Å². The molecular weight excluding hydrogens is 348 g/mol. The molecule has 0 heterocycles. The molecule has 0 aliphatic rings. The summed E-state index contributed by atoms with van der Waals surface area (Å²) in [7, 11) is 1.62. The molecule has 0 aliphatic carbocycles. The van der Waals surface area contributed by atoms with Gasteiger partial charge < -0.3 is 15.4 Å². The van der Waals surface area contributed by atoms with Crippen molar-refractivity contribution in [1.29, 1.82) is 0 Å². The van der Waals surface area contributed by atoms with E-state index < -0.39 is 0 Å². The van der Waals surface area contributed by atoms with Crippen LogP contribution >= 0.6 is 11.6 Å². The molecule has 0 bridgehead atoms. The number of rotatable bonds is 6. The Hall–Kier alpha value is -2.98. The van der Waals surface area contributed by atoms with Crippen molar-refractivity contribution in [3.8, 4) is 5.75 Å². The fraction of sp³-hybridized carbons (Fsp3) is 0.0952. The van der Waals surface area contributed by atoms with Crippen LogP contribution in [0, 0.1) is 0 Å². The molecule has 0 aliphatic heterocycles. The van der Waals surface area contributed by atoms with Gasteiger partial charge in [0.25, 0.3) is 0 Å². The molecule has 0 saturated heterocycles. The number of benzene rings is 3. The second-order valence-electron chi connectivity index (χ2n) is 5.76. The van der Waals surface area contributed by atoms with Gasteiger partial charge >= 0.3 is 0 Å². The molecule has 0 fully saturated rings. The van der Waals surface area contributed by atoms with Gasteiger partial charge in [-0.15, -0.1) is 0 Å². The van der Waals surface area contributed by atoms with Crippen molar-refractivity contribution in [2.24, 2.45) is 0 Å². The number of ether oxygens (including phenoxy) is 1. The molecule has 0 spiro atoms. The molecule has 3 aromatic rings. The minimum absolute atomic E-state index is 0.0676. The molecule has 0 atom stereocenters. The number of hydrogen-bond donors (Lipinski definition) is 2. The monoisotopic (exact) mass is 366 g/mol. The van der Waals surface area contributed by atoms with E-state index in [4.69, 9.17) is 16.3 Å². The predicted molar refractivity (Wildman–Crippen MR) is 107 cm³/mol. The highest BCUT2D eigenvalue weighted by molar-refractivity contribution is 6.33. The Bertz CT molecular complexity index is 877. The normalized spacial score (nSPS) is 10.2. The van der Waals surface area contributed by atoms with Gasteiger partial charge in [0.2, 0.25) is 5.91 Å². The summed E-state index contributed by atoms with van der Waals surface area (Å²) in [6.45, 7) is 0. The molecule has 4 nitrogen and oxygen atoms in total. The number of carbonyl (C=O) groups excluding carboxylic acids is 1. The number of nitrogens with one attached hydrogen (secondary N) is 2. The first-order valence-electron chi connectivity index (χ1n) is 8.18. The van der Waals surface area contributed by atoms with Crippen molar-refractivity contribution in [1.82, 2.24) is 0 Å². The molecule has 5 heteroatoms. The van der Waals surface area contributed by atoms with Crippen LogP contribution in [0.15, 0.2) is 72.8 Å². The first-order valence-corrected chi connectivity index (χ1v) is 8.56. The van der Waals surface area contributed by atoms with Crippen LogP contribution in [0.1, 0.15) is 5.56 Å². The lowest BCUT2D eigenvalue weighted by atomic mass is 10.1. The van der Waals surface area contributed by atoms with Gasteiger partial charge in [-0.05, 0) is 54.1 Å². The topological polar surface area (TPSA) is 50.4 Å². The van der Waals surface area contributed by atoms with Gasteiger partial charge in [0.15, 0.2) is 0 Å². The van der Waals surface area contributed by atoms with Gasteiger partial charge in [0, 0.05) is 11.4 Å². The van der Waals surface area contributed by atoms with Crippen molar-refractivity contribution in [2.75, 3.05) is 17.7 Å². The molecule has 0 radical (unpaired) electrons. The summed E-state index contributed by atoms with van der Waals surface area (Å²) in [5, 5.41) is 6.80. The van der Waals surface area contributed by atoms with Crippen LogP contribution in [0.5, 0.6) is 5.75 Å². The number of amides is 1. The highest BCUT2D eigenvalue weighted by Crippen LogP contribution is 2.25. The van der Waals surface area contributed by atoms with Crippen LogP contribution in [0.4, 0.5) is 17.1 Å². The minimum Gasteiger partial charge on any atom is -0.497 e. The van der Waals surface area contributed by atoms with Crippen molar-refractivity contribution in [3.63, 3.8) is 0 Å². The van der Waals surface area contributed by atoms with Gasteiger partial charge in [-0.2, -0.15) is 0 Å². The Labute approximate surface area is 157 Å². The summed E-state index contributed by atoms with van der Waals surface area (Å²) in [5.74, 6) is 0.706. The third kappa shape index (κ3) is 4.77. The Balaban J connectivity index is 1.58. The lowest BCUT2D eigenvalue weighted by molar-refractivity contribution is -0.115. The minimum atomic E-state index is -0.0676. The van der Waals surface area contributed by atoms with E-state index in [1.807, 2.05) is 72.8 Å². The van der Waals surface area contributed by atoms with Crippen molar-refractivity contribution < 1.29 is 9.53 Å². The van der Waals surface area contributed by atoms with Crippen LogP contribution in [0.25, 0.3) is 0 Å². The maximum atomic E-state index is 12.2. The molecule has 3 aromatic carbocycles. The zero-order valence-electron chi connectivity index (χ0n) is 14.3. The number of carbonyl (C=O) groups is 1. The van der Waals surface area contributed by atoms with Gasteiger partial charge in [-0.25, -0.2) is 0 Å². The summed E-state index contributed by atoms with van der Waals surface area (Å²) in [5.41, 5.74) is 3.41. The number of hydrogen-bond acceptors (Lipinski definition) is 3. The summed E-state index contributed by atoms with van der Waals surface area (Å²) < 4.78 is 5.12. The van der Waals surface area contributed by atoms with Gasteiger partial charge in [0.1, 0.15) is 5.75 Å². The lowest BCUT2D eigenvalue weighted by Gasteiger charge is -2.10. The van der Waals surface area contributed by atoms with E-state index in [0.717, 1.165) is 28.4 Å². The largest absolute Gasteiger partial charge is 0.497 e. The van der Waals surface area contributed by atoms with E-state index in [1.54, 1.807) is 7.11 Å². The second-order valence-corrected chi connectivity index (χ2v) is 6.16. The Morgan fingerprint density at radius 3 is 2.23 bits per heavy atom. The third-order valence-corrected chi connectivity index (χ3v) is 4.17. The smallest absolute Gasteiger partial charge is 0.228 e. The van der Waals surface area contributed by atoms with Gasteiger partial charge in [-0.1, -0.05) is 35.9 Å². The summed E-state index contributed by atoms with van der Waals surface area (Å²) in [4.78, 5) is 12.2. The highest BCUT2D eigenvalue weighted by atomic mass is 35.5. The van der Waals surface area contributed by atoms with E-state index in [1.165, 1.54) is 0 Å². The molecule has 0 unspecified atom stereocenters. The van der Waals surface area contributed by atoms with E-state index >= 15 is 0 Å². The quantitative estimate of drug-likeness (QED) is 0.624. The average Bonchev–Trinajstić information content (AvgIpc) is 2.66. The van der Waals surface area contributed by atoms with Crippen LogP contribution in [-0.4, -0.2) is 13.0 Å². The molecule has 2 N–H and O–H groups in total. The lowest BCUT2D eigenvalue weighted by Crippen LogP contribution is -2.14. The highest BCUT2D eigenvalue weighted by Gasteiger charge is 2.05. The number of methoxy groups -OCH3 is 1.